The predicted octanol–water partition coefficient (Wildman–Crippen LogP) is 1.90. The third-order valence-electron chi connectivity index (χ3n) is 3.61. The fourth-order valence-electron chi connectivity index (χ4n) is 2.19. The number of carbonyl (C=O) groups is 1. The fraction of sp³-hybridized carbons (Fsp3) is 0.250. The van der Waals surface area contributed by atoms with E-state index in [0.717, 1.165) is 0 Å². The van der Waals surface area contributed by atoms with Crippen LogP contribution in [-0.2, 0) is 14.6 Å². The minimum Gasteiger partial charge on any atom is -0.464 e. The molecule has 0 fully saturated rings. The molecule has 0 unspecified atom stereocenters. The standard InChI is InChI=1S/C16H17N3O4S/c1-10(2)24(21,22)13-6-4-12(5-7-13)19-9-11(8-17)14(18)15(19)16(20)23-3/h4-7,9-10H,18H2,1-3H3. The fourth-order valence-corrected chi connectivity index (χ4v) is 3.25. The van der Waals surface area contributed by atoms with Crippen LogP contribution in [0.4, 0.5) is 5.69 Å². The number of rotatable bonds is 4. The van der Waals surface area contributed by atoms with Crippen molar-refractivity contribution in [1.82, 2.24) is 4.57 Å². The van der Waals surface area contributed by atoms with Crippen LogP contribution < -0.4 is 5.73 Å². The van der Waals surface area contributed by atoms with E-state index in [1.807, 2.05) is 6.07 Å². The minimum absolute atomic E-state index is 0.0169. The second kappa shape index (κ2) is 6.37. The molecular weight excluding hydrogens is 330 g/mol. The molecule has 0 aliphatic rings. The number of anilines is 1. The van der Waals surface area contributed by atoms with Crippen LogP contribution in [0.25, 0.3) is 5.69 Å². The lowest BCUT2D eigenvalue weighted by Crippen LogP contribution is -2.14. The summed E-state index contributed by atoms with van der Waals surface area (Å²) in [6.45, 7) is 3.20. The number of sulfone groups is 1. The first-order chi connectivity index (χ1) is 11.2. The molecule has 0 saturated carbocycles. The highest BCUT2D eigenvalue weighted by molar-refractivity contribution is 7.92. The molecule has 0 radical (unpaired) electrons. The predicted molar refractivity (Wildman–Crippen MR) is 88.6 cm³/mol. The molecule has 1 aromatic carbocycles. The van der Waals surface area contributed by atoms with Crippen LogP contribution in [0.1, 0.15) is 29.9 Å². The number of nitrogens with two attached hydrogens (primary N) is 1. The van der Waals surface area contributed by atoms with Gasteiger partial charge in [0.15, 0.2) is 15.5 Å². The van der Waals surface area contributed by atoms with E-state index in [0.29, 0.717) is 5.69 Å². The molecule has 0 saturated heterocycles. The lowest BCUT2D eigenvalue weighted by Gasteiger charge is -2.11. The van der Waals surface area contributed by atoms with Gasteiger partial charge < -0.3 is 15.0 Å². The summed E-state index contributed by atoms with van der Waals surface area (Å²) < 4.78 is 30.4. The number of aromatic nitrogens is 1. The molecule has 2 rings (SSSR count). The van der Waals surface area contributed by atoms with Crippen molar-refractivity contribution in [3.8, 4) is 11.8 Å². The number of methoxy groups -OCH3 is 1. The van der Waals surface area contributed by atoms with Gasteiger partial charge in [-0.2, -0.15) is 5.26 Å². The highest BCUT2D eigenvalue weighted by Crippen LogP contribution is 2.26. The van der Waals surface area contributed by atoms with Crippen LogP contribution in [0.2, 0.25) is 0 Å². The summed E-state index contributed by atoms with van der Waals surface area (Å²) in [5, 5.41) is 8.55. The van der Waals surface area contributed by atoms with Gasteiger partial charge in [0.05, 0.1) is 28.5 Å². The second-order valence-electron chi connectivity index (χ2n) is 5.37. The molecule has 1 aromatic heterocycles. The van der Waals surface area contributed by atoms with Gasteiger partial charge >= 0.3 is 5.97 Å². The minimum atomic E-state index is -3.39. The summed E-state index contributed by atoms with van der Waals surface area (Å²) in [4.78, 5) is 12.1. The number of esters is 1. The van der Waals surface area contributed by atoms with Gasteiger partial charge in [0.25, 0.3) is 0 Å². The number of nitriles is 1. The van der Waals surface area contributed by atoms with Gasteiger partial charge in [0.2, 0.25) is 0 Å². The van der Waals surface area contributed by atoms with Gasteiger partial charge in [-0.3, -0.25) is 0 Å². The molecule has 2 N–H and O–H groups in total. The van der Waals surface area contributed by atoms with Crippen LogP contribution >= 0.6 is 0 Å². The van der Waals surface area contributed by atoms with Gasteiger partial charge in [-0.15, -0.1) is 0 Å². The Balaban J connectivity index is 2.58. The summed E-state index contributed by atoms with van der Waals surface area (Å²) in [7, 11) is -2.18. The van der Waals surface area contributed by atoms with Crippen molar-refractivity contribution in [1.29, 1.82) is 5.26 Å². The molecule has 0 aliphatic heterocycles. The van der Waals surface area contributed by atoms with Crippen LogP contribution in [0.5, 0.6) is 0 Å². The monoisotopic (exact) mass is 347 g/mol. The van der Waals surface area contributed by atoms with Crippen molar-refractivity contribution < 1.29 is 17.9 Å². The molecule has 0 spiro atoms. The quantitative estimate of drug-likeness (QED) is 0.845. The molecule has 8 heteroatoms. The maximum atomic E-state index is 12.2. The number of hydrogen-bond donors (Lipinski definition) is 1. The molecule has 0 amide bonds. The maximum absolute atomic E-state index is 12.2. The number of nitrogen functional groups attached to an aromatic ring is 1. The Labute approximate surface area is 140 Å². The summed E-state index contributed by atoms with van der Waals surface area (Å²) in [6.07, 6.45) is 1.41. The zero-order valence-electron chi connectivity index (χ0n) is 13.5. The largest absolute Gasteiger partial charge is 0.464 e. The van der Waals surface area contributed by atoms with E-state index < -0.39 is 21.1 Å². The van der Waals surface area contributed by atoms with Crippen LogP contribution in [0, 0.1) is 11.3 Å². The highest BCUT2D eigenvalue weighted by atomic mass is 32.2. The molecule has 0 atom stereocenters. The Hall–Kier alpha value is -2.79. The lowest BCUT2D eigenvalue weighted by atomic mass is 10.2. The molecule has 7 nitrogen and oxygen atoms in total. The Morgan fingerprint density at radius 2 is 1.88 bits per heavy atom. The normalized spacial score (nSPS) is 11.3. The van der Waals surface area contributed by atoms with Crippen molar-refractivity contribution in [2.75, 3.05) is 12.8 Å². The van der Waals surface area contributed by atoms with E-state index in [9.17, 15) is 13.2 Å². The van der Waals surface area contributed by atoms with Gasteiger partial charge in [-0.25, -0.2) is 13.2 Å². The van der Waals surface area contributed by atoms with Crippen molar-refractivity contribution in [3.63, 3.8) is 0 Å². The van der Waals surface area contributed by atoms with E-state index in [1.54, 1.807) is 26.0 Å². The molecule has 1 heterocycles. The average molecular weight is 347 g/mol. The van der Waals surface area contributed by atoms with Crippen LogP contribution in [0.3, 0.4) is 0 Å². The van der Waals surface area contributed by atoms with E-state index in [-0.39, 0.29) is 21.8 Å². The molecule has 2 aromatic rings. The first kappa shape index (κ1) is 17.6. The number of ether oxygens (including phenoxy) is 1. The van der Waals surface area contributed by atoms with Crippen molar-refractivity contribution >= 4 is 21.5 Å². The summed E-state index contributed by atoms with van der Waals surface area (Å²) >= 11 is 0. The van der Waals surface area contributed by atoms with Gasteiger partial charge in [0.1, 0.15) is 6.07 Å². The number of carbonyl (C=O) groups excluding carboxylic acids is 1. The Morgan fingerprint density at radius 1 is 1.29 bits per heavy atom. The smallest absolute Gasteiger partial charge is 0.357 e. The number of hydrogen-bond acceptors (Lipinski definition) is 6. The van der Waals surface area contributed by atoms with E-state index in [2.05, 4.69) is 0 Å². The van der Waals surface area contributed by atoms with Crippen molar-refractivity contribution in [3.05, 3.63) is 41.7 Å². The van der Waals surface area contributed by atoms with E-state index in [4.69, 9.17) is 15.7 Å². The Kier molecular flexibility index (Phi) is 4.66. The lowest BCUT2D eigenvalue weighted by molar-refractivity contribution is 0.0593. The summed E-state index contributed by atoms with van der Waals surface area (Å²) in [5.74, 6) is -0.687. The van der Waals surface area contributed by atoms with Crippen molar-refractivity contribution in [2.45, 2.75) is 24.0 Å². The molecule has 0 aliphatic carbocycles. The summed E-state index contributed by atoms with van der Waals surface area (Å²) in [6, 6.07) is 7.90. The molecule has 0 bridgehead atoms. The first-order valence-corrected chi connectivity index (χ1v) is 8.62. The molecule has 126 valence electrons. The summed E-state index contributed by atoms with van der Waals surface area (Å²) in [5.41, 5.74) is 6.49. The zero-order valence-corrected chi connectivity index (χ0v) is 14.3. The highest BCUT2D eigenvalue weighted by Gasteiger charge is 2.23. The molecule has 24 heavy (non-hydrogen) atoms. The number of benzene rings is 1. The SMILES string of the molecule is COC(=O)c1c(N)c(C#N)cn1-c1ccc(S(=O)(=O)C(C)C)cc1. The van der Waals surface area contributed by atoms with Gasteiger partial charge in [-0.05, 0) is 38.1 Å². The van der Waals surface area contributed by atoms with Crippen LogP contribution in [-0.4, -0.2) is 31.3 Å². The van der Waals surface area contributed by atoms with Gasteiger partial charge in [0, 0.05) is 11.9 Å². The van der Waals surface area contributed by atoms with E-state index in [1.165, 1.54) is 30.0 Å². The zero-order chi connectivity index (χ0) is 18.1. The Bertz CT molecular complexity index is 919. The molecular formula is C16H17N3O4S. The topological polar surface area (TPSA) is 115 Å². The second-order valence-corrected chi connectivity index (χ2v) is 7.87. The van der Waals surface area contributed by atoms with Gasteiger partial charge in [-0.1, -0.05) is 0 Å². The van der Waals surface area contributed by atoms with Crippen LogP contribution in [0.15, 0.2) is 35.4 Å². The average Bonchev–Trinajstić information content (AvgIpc) is 2.90. The third kappa shape index (κ3) is 2.86. The van der Waals surface area contributed by atoms with Crippen molar-refractivity contribution in [2.24, 2.45) is 0 Å². The third-order valence-corrected chi connectivity index (χ3v) is 5.78. The maximum Gasteiger partial charge on any atom is 0.357 e. The number of nitrogens with zero attached hydrogens (tertiary/aromatic N) is 2. The Morgan fingerprint density at radius 3 is 2.33 bits per heavy atom. The van der Waals surface area contributed by atoms with E-state index >= 15 is 0 Å². The first-order valence-electron chi connectivity index (χ1n) is 7.07.